The average molecular weight is 355 g/mol. The van der Waals surface area contributed by atoms with E-state index < -0.39 is 0 Å². The molecule has 0 spiro atoms. The van der Waals surface area contributed by atoms with Gasteiger partial charge < -0.3 is 9.47 Å². The van der Waals surface area contributed by atoms with Gasteiger partial charge in [0.2, 0.25) is 0 Å². The third-order valence-electron chi connectivity index (χ3n) is 3.59. The predicted octanol–water partition coefficient (Wildman–Crippen LogP) is 4.72. The highest BCUT2D eigenvalue weighted by molar-refractivity contribution is 6.30. The zero-order chi connectivity index (χ0) is 17.6. The average Bonchev–Trinajstić information content (AvgIpc) is 2.56. The summed E-state index contributed by atoms with van der Waals surface area (Å²) in [4.78, 5) is 23.1. The van der Waals surface area contributed by atoms with Crippen LogP contribution in [0.5, 0.6) is 0 Å². The van der Waals surface area contributed by atoms with Gasteiger partial charge in [0.15, 0.2) is 0 Å². The number of unbranched alkanes of at least 4 members (excludes halogenated alkanes) is 3. The lowest BCUT2D eigenvalue weighted by atomic mass is 10.2. The van der Waals surface area contributed by atoms with Crippen molar-refractivity contribution in [2.45, 2.75) is 58.3 Å². The zero-order valence-electron chi connectivity index (χ0n) is 14.4. The highest BCUT2D eigenvalue weighted by Gasteiger charge is 2.07. The summed E-state index contributed by atoms with van der Waals surface area (Å²) in [6.45, 7) is 2.95. The van der Waals surface area contributed by atoms with Crippen molar-refractivity contribution in [2.24, 2.45) is 0 Å². The largest absolute Gasteiger partial charge is 0.466 e. The molecule has 0 unspecified atom stereocenters. The van der Waals surface area contributed by atoms with Crippen LogP contribution in [0.1, 0.15) is 57.4 Å². The maximum Gasteiger partial charge on any atom is 0.305 e. The first-order valence-corrected chi connectivity index (χ1v) is 9.05. The third kappa shape index (κ3) is 10.3. The van der Waals surface area contributed by atoms with Crippen molar-refractivity contribution in [1.29, 1.82) is 0 Å². The van der Waals surface area contributed by atoms with Crippen LogP contribution in [0.15, 0.2) is 24.3 Å². The van der Waals surface area contributed by atoms with E-state index >= 15 is 0 Å². The van der Waals surface area contributed by atoms with Crippen LogP contribution in [0.3, 0.4) is 0 Å². The lowest BCUT2D eigenvalue weighted by molar-refractivity contribution is -0.145. The van der Waals surface area contributed by atoms with Gasteiger partial charge in [0, 0.05) is 24.3 Å². The summed E-state index contributed by atoms with van der Waals surface area (Å²) in [6.07, 6.45) is 5.95. The van der Waals surface area contributed by atoms with E-state index in [0.717, 1.165) is 24.8 Å². The fourth-order valence-corrected chi connectivity index (χ4v) is 2.30. The van der Waals surface area contributed by atoms with Crippen LogP contribution in [0.25, 0.3) is 0 Å². The number of carbonyl (C=O) groups excluding carboxylic acids is 2. The van der Waals surface area contributed by atoms with Gasteiger partial charge in [0.05, 0.1) is 13.2 Å². The molecule has 134 valence electrons. The van der Waals surface area contributed by atoms with Crippen molar-refractivity contribution in [3.8, 4) is 0 Å². The van der Waals surface area contributed by atoms with Gasteiger partial charge in [-0.1, -0.05) is 49.9 Å². The monoisotopic (exact) mass is 354 g/mol. The second-order valence-electron chi connectivity index (χ2n) is 5.73. The van der Waals surface area contributed by atoms with Crippen LogP contribution < -0.4 is 0 Å². The van der Waals surface area contributed by atoms with E-state index in [1.165, 1.54) is 6.42 Å². The minimum Gasteiger partial charge on any atom is -0.466 e. The van der Waals surface area contributed by atoms with Crippen LogP contribution in [0.2, 0.25) is 5.02 Å². The van der Waals surface area contributed by atoms with E-state index in [2.05, 4.69) is 6.92 Å². The first-order valence-electron chi connectivity index (χ1n) is 8.67. The first-order chi connectivity index (χ1) is 11.6. The molecule has 0 aliphatic rings. The highest BCUT2D eigenvalue weighted by atomic mass is 35.5. The van der Waals surface area contributed by atoms with Crippen LogP contribution in [-0.2, 0) is 25.5 Å². The number of hydrogen-bond acceptors (Lipinski definition) is 4. The van der Waals surface area contributed by atoms with Gasteiger partial charge in [-0.2, -0.15) is 0 Å². The Labute approximate surface area is 149 Å². The quantitative estimate of drug-likeness (QED) is 0.402. The van der Waals surface area contributed by atoms with Gasteiger partial charge in [0.25, 0.3) is 0 Å². The third-order valence-corrected chi connectivity index (χ3v) is 3.84. The molecule has 0 bridgehead atoms. The van der Waals surface area contributed by atoms with Crippen molar-refractivity contribution in [1.82, 2.24) is 0 Å². The summed E-state index contributed by atoms with van der Waals surface area (Å²) in [5, 5.41) is 0.688. The lowest BCUT2D eigenvalue weighted by Crippen LogP contribution is -2.10. The molecular formula is C19H27ClO4. The van der Waals surface area contributed by atoms with Crippen LogP contribution in [-0.4, -0.2) is 25.2 Å². The van der Waals surface area contributed by atoms with Gasteiger partial charge in [0.1, 0.15) is 0 Å². The SMILES string of the molecule is CCCCCCOC(=O)CCCC(=O)OCCc1ccc(Cl)cc1. The second-order valence-corrected chi connectivity index (χ2v) is 6.17. The van der Waals surface area contributed by atoms with E-state index in [4.69, 9.17) is 21.1 Å². The maximum atomic E-state index is 11.6. The zero-order valence-corrected chi connectivity index (χ0v) is 15.1. The van der Waals surface area contributed by atoms with Crippen LogP contribution in [0, 0.1) is 0 Å². The van der Waals surface area contributed by atoms with Crippen molar-refractivity contribution in [3.05, 3.63) is 34.9 Å². The molecule has 0 N–H and O–H groups in total. The Bertz CT molecular complexity index is 485. The molecule has 0 atom stereocenters. The van der Waals surface area contributed by atoms with Gasteiger partial charge >= 0.3 is 11.9 Å². The summed E-state index contributed by atoms with van der Waals surface area (Å²) in [6, 6.07) is 7.44. The number of carbonyl (C=O) groups is 2. The molecule has 5 heteroatoms. The maximum absolute atomic E-state index is 11.6. The molecule has 1 aromatic carbocycles. The van der Waals surface area contributed by atoms with E-state index in [1.54, 1.807) is 0 Å². The Kier molecular flexibility index (Phi) is 10.9. The molecule has 0 aliphatic carbocycles. The van der Waals surface area contributed by atoms with Gasteiger partial charge in [-0.15, -0.1) is 0 Å². The standard InChI is InChI=1S/C19H27ClO4/c1-2-3-4-5-14-23-18(21)7-6-8-19(22)24-15-13-16-9-11-17(20)12-10-16/h9-12H,2-8,13-15H2,1H3. The number of rotatable bonds is 12. The molecule has 0 aliphatic heterocycles. The van der Waals surface area contributed by atoms with Crippen molar-refractivity contribution in [3.63, 3.8) is 0 Å². The smallest absolute Gasteiger partial charge is 0.305 e. The fourth-order valence-electron chi connectivity index (χ4n) is 2.17. The number of halogens is 1. The molecule has 0 amide bonds. The summed E-state index contributed by atoms with van der Waals surface area (Å²) in [5.74, 6) is -0.514. The predicted molar refractivity (Wildman–Crippen MR) is 95.1 cm³/mol. The molecule has 0 heterocycles. The Hall–Kier alpha value is -1.55. The number of benzene rings is 1. The van der Waals surface area contributed by atoms with Crippen molar-refractivity contribution >= 4 is 23.5 Å². The van der Waals surface area contributed by atoms with Crippen molar-refractivity contribution in [2.75, 3.05) is 13.2 Å². The molecule has 0 aromatic heterocycles. The topological polar surface area (TPSA) is 52.6 Å². The number of hydrogen-bond donors (Lipinski definition) is 0. The molecule has 0 radical (unpaired) electrons. The highest BCUT2D eigenvalue weighted by Crippen LogP contribution is 2.10. The summed E-state index contributed by atoms with van der Waals surface area (Å²) < 4.78 is 10.3. The molecule has 4 nitrogen and oxygen atoms in total. The molecule has 1 aromatic rings. The molecule has 0 saturated carbocycles. The van der Waals surface area contributed by atoms with E-state index in [-0.39, 0.29) is 24.8 Å². The Morgan fingerprint density at radius 2 is 1.50 bits per heavy atom. The Morgan fingerprint density at radius 1 is 0.875 bits per heavy atom. The van der Waals surface area contributed by atoms with Crippen molar-refractivity contribution < 1.29 is 19.1 Å². The van der Waals surface area contributed by atoms with Crippen LogP contribution in [0.4, 0.5) is 0 Å². The first kappa shape index (κ1) is 20.5. The summed E-state index contributed by atoms with van der Waals surface area (Å²) in [5.41, 5.74) is 1.07. The summed E-state index contributed by atoms with van der Waals surface area (Å²) in [7, 11) is 0. The summed E-state index contributed by atoms with van der Waals surface area (Å²) >= 11 is 5.81. The fraction of sp³-hybridized carbons (Fsp3) is 0.579. The van der Waals surface area contributed by atoms with Gasteiger partial charge in [-0.25, -0.2) is 0 Å². The minimum absolute atomic E-state index is 0.236. The van der Waals surface area contributed by atoms with E-state index in [0.29, 0.717) is 31.1 Å². The number of ether oxygens (including phenoxy) is 2. The Morgan fingerprint density at radius 3 is 2.12 bits per heavy atom. The van der Waals surface area contributed by atoms with E-state index in [1.807, 2.05) is 24.3 Å². The Balaban J connectivity index is 2.01. The van der Waals surface area contributed by atoms with Gasteiger partial charge in [-0.3, -0.25) is 9.59 Å². The molecular weight excluding hydrogens is 328 g/mol. The second kappa shape index (κ2) is 12.8. The molecule has 24 heavy (non-hydrogen) atoms. The molecule has 0 fully saturated rings. The van der Waals surface area contributed by atoms with Gasteiger partial charge in [-0.05, 0) is 30.5 Å². The minimum atomic E-state index is -0.278. The molecule has 0 saturated heterocycles. The molecule has 1 rings (SSSR count). The normalized spacial score (nSPS) is 10.4. The van der Waals surface area contributed by atoms with E-state index in [9.17, 15) is 9.59 Å². The lowest BCUT2D eigenvalue weighted by Gasteiger charge is -2.06. The van der Waals surface area contributed by atoms with Crippen LogP contribution >= 0.6 is 11.6 Å². The number of esters is 2.